The number of pyridine rings is 1. The molecule has 0 aliphatic carbocycles. The van der Waals surface area contributed by atoms with Gasteiger partial charge in [0.2, 0.25) is 0 Å². The van der Waals surface area contributed by atoms with Crippen molar-refractivity contribution in [2.24, 2.45) is 7.05 Å². The number of urea groups is 1. The summed E-state index contributed by atoms with van der Waals surface area (Å²) in [6, 6.07) is 15.9. The van der Waals surface area contributed by atoms with E-state index in [4.69, 9.17) is 0 Å². The molecule has 1 aliphatic heterocycles. The molecule has 5 rings (SSSR count). The highest BCUT2D eigenvalue weighted by atomic mass is 16.2. The molecule has 0 spiro atoms. The Balaban J connectivity index is 1.50. The number of nitrogens with zero attached hydrogens (tertiary/aromatic N) is 3. The zero-order valence-electron chi connectivity index (χ0n) is 14.4. The van der Waals surface area contributed by atoms with Gasteiger partial charge in [-0.3, -0.25) is 9.88 Å². The molecule has 128 valence electrons. The predicted molar refractivity (Wildman–Crippen MR) is 105 cm³/mol. The third kappa shape index (κ3) is 2.24. The van der Waals surface area contributed by atoms with E-state index in [1.54, 1.807) is 6.20 Å². The highest BCUT2D eigenvalue weighted by molar-refractivity contribution is 6.08. The van der Waals surface area contributed by atoms with Gasteiger partial charge in [-0.15, -0.1) is 0 Å². The highest BCUT2D eigenvalue weighted by Crippen LogP contribution is 2.33. The number of carbonyl (C=O) groups excluding carboxylic acids is 1. The van der Waals surface area contributed by atoms with Crippen LogP contribution < -0.4 is 10.2 Å². The topological polar surface area (TPSA) is 50.2 Å². The molecule has 2 amide bonds. The van der Waals surface area contributed by atoms with E-state index in [-0.39, 0.29) is 6.03 Å². The minimum atomic E-state index is -0.101. The highest BCUT2D eigenvalue weighted by Gasteiger charge is 2.26. The second-order valence-electron chi connectivity index (χ2n) is 6.67. The lowest BCUT2D eigenvalue weighted by molar-refractivity contribution is 0.257. The van der Waals surface area contributed by atoms with E-state index in [9.17, 15) is 4.79 Å². The van der Waals surface area contributed by atoms with Gasteiger partial charge in [-0.05, 0) is 54.4 Å². The van der Waals surface area contributed by atoms with Crippen molar-refractivity contribution in [3.8, 4) is 0 Å². The van der Waals surface area contributed by atoms with E-state index in [2.05, 4.69) is 33.1 Å². The molecule has 5 heteroatoms. The summed E-state index contributed by atoms with van der Waals surface area (Å²) >= 11 is 0. The van der Waals surface area contributed by atoms with Gasteiger partial charge in [-0.25, -0.2) is 4.79 Å². The van der Waals surface area contributed by atoms with Crippen LogP contribution in [0.1, 0.15) is 5.56 Å². The molecular weight excluding hydrogens is 324 g/mol. The number of anilines is 2. The zero-order chi connectivity index (χ0) is 17.7. The number of hydrogen-bond donors (Lipinski definition) is 1. The second-order valence-corrected chi connectivity index (χ2v) is 6.67. The van der Waals surface area contributed by atoms with Crippen LogP contribution in [0.3, 0.4) is 0 Å². The number of nitrogens with one attached hydrogen (secondary N) is 1. The van der Waals surface area contributed by atoms with E-state index in [1.807, 2.05) is 48.5 Å². The van der Waals surface area contributed by atoms with E-state index >= 15 is 0 Å². The van der Waals surface area contributed by atoms with Crippen LogP contribution in [-0.4, -0.2) is 22.1 Å². The Kier molecular flexibility index (Phi) is 3.22. The van der Waals surface area contributed by atoms with Crippen LogP contribution in [-0.2, 0) is 13.5 Å². The zero-order valence-corrected chi connectivity index (χ0v) is 14.4. The summed E-state index contributed by atoms with van der Waals surface area (Å²) in [6.07, 6.45) is 4.68. The lowest BCUT2D eigenvalue weighted by atomic mass is 10.1. The second kappa shape index (κ2) is 5.59. The Morgan fingerprint density at radius 3 is 3.00 bits per heavy atom. The summed E-state index contributed by atoms with van der Waals surface area (Å²) in [5, 5.41) is 5.16. The molecule has 2 aromatic heterocycles. The van der Waals surface area contributed by atoms with Crippen LogP contribution >= 0.6 is 0 Å². The first kappa shape index (κ1) is 15.0. The number of aromatic nitrogens is 2. The minimum Gasteiger partial charge on any atom is -0.351 e. The van der Waals surface area contributed by atoms with Gasteiger partial charge in [0, 0.05) is 48.0 Å². The molecule has 1 aliphatic rings. The van der Waals surface area contributed by atoms with Crippen molar-refractivity contribution in [2.75, 3.05) is 16.8 Å². The molecule has 0 saturated carbocycles. The number of benzene rings is 2. The fourth-order valence-electron chi connectivity index (χ4n) is 3.76. The number of fused-ring (bicyclic) bond motifs is 3. The molecule has 0 fully saturated rings. The van der Waals surface area contributed by atoms with Crippen LogP contribution in [0.15, 0.2) is 60.9 Å². The predicted octanol–water partition coefficient (Wildman–Crippen LogP) is 4.32. The maximum atomic E-state index is 13.0. The first-order chi connectivity index (χ1) is 12.7. The Labute approximate surface area is 150 Å². The SMILES string of the molecule is Cn1ccc2cc3c(cc21)CCN3C(=O)Nc1cccc2ncccc12. The van der Waals surface area contributed by atoms with Crippen LogP contribution in [0, 0.1) is 0 Å². The van der Waals surface area contributed by atoms with Gasteiger partial charge in [-0.2, -0.15) is 0 Å². The Bertz CT molecular complexity index is 1160. The van der Waals surface area contributed by atoms with Crippen molar-refractivity contribution in [1.82, 2.24) is 9.55 Å². The lowest BCUT2D eigenvalue weighted by Crippen LogP contribution is -2.33. The minimum absolute atomic E-state index is 0.101. The first-order valence-electron chi connectivity index (χ1n) is 8.71. The molecule has 0 saturated heterocycles. The van der Waals surface area contributed by atoms with Gasteiger partial charge < -0.3 is 9.88 Å². The van der Waals surface area contributed by atoms with E-state index in [0.29, 0.717) is 6.54 Å². The molecule has 0 radical (unpaired) electrons. The fraction of sp³-hybridized carbons (Fsp3) is 0.143. The van der Waals surface area contributed by atoms with Crippen molar-refractivity contribution in [2.45, 2.75) is 6.42 Å². The summed E-state index contributed by atoms with van der Waals surface area (Å²) in [5.41, 5.74) is 5.08. The van der Waals surface area contributed by atoms with Gasteiger partial charge in [0.15, 0.2) is 0 Å². The van der Waals surface area contributed by atoms with E-state index < -0.39 is 0 Å². The molecule has 1 N–H and O–H groups in total. The Hall–Kier alpha value is -3.34. The monoisotopic (exact) mass is 342 g/mol. The van der Waals surface area contributed by atoms with Crippen molar-refractivity contribution in [3.05, 3.63) is 66.5 Å². The Morgan fingerprint density at radius 2 is 2.08 bits per heavy atom. The number of amides is 2. The number of rotatable bonds is 1. The van der Waals surface area contributed by atoms with Crippen LogP contribution in [0.5, 0.6) is 0 Å². The van der Waals surface area contributed by atoms with Crippen molar-refractivity contribution >= 4 is 39.2 Å². The van der Waals surface area contributed by atoms with Crippen LogP contribution in [0.2, 0.25) is 0 Å². The van der Waals surface area contributed by atoms with Gasteiger partial charge in [0.05, 0.1) is 11.2 Å². The van der Waals surface area contributed by atoms with E-state index in [1.165, 1.54) is 11.1 Å². The lowest BCUT2D eigenvalue weighted by Gasteiger charge is -2.19. The molecule has 5 nitrogen and oxygen atoms in total. The molecule has 4 aromatic rings. The summed E-state index contributed by atoms with van der Waals surface area (Å²) in [4.78, 5) is 19.1. The molecule has 0 bridgehead atoms. The molecular formula is C21H18N4O. The number of carbonyl (C=O) groups is 1. The molecule has 2 aromatic carbocycles. The summed E-state index contributed by atoms with van der Waals surface area (Å²) in [5.74, 6) is 0. The Morgan fingerprint density at radius 1 is 1.15 bits per heavy atom. The molecule has 3 heterocycles. The number of aryl methyl sites for hydroxylation is 1. The molecule has 0 atom stereocenters. The summed E-state index contributed by atoms with van der Waals surface area (Å²) in [6.45, 7) is 0.695. The summed E-state index contributed by atoms with van der Waals surface area (Å²) in [7, 11) is 2.04. The third-order valence-corrected chi connectivity index (χ3v) is 5.11. The maximum absolute atomic E-state index is 13.0. The van der Waals surface area contributed by atoms with Gasteiger partial charge >= 0.3 is 6.03 Å². The average molecular weight is 342 g/mol. The van der Waals surface area contributed by atoms with Gasteiger partial charge in [0.1, 0.15) is 0 Å². The van der Waals surface area contributed by atoms with Gasteiger partial charge in [0.25, 0.3) is 0 Å². The first-order valence-corrected chi connectivity index (χ1v) is 8.71. The third-order valence-electron chi connectivity index (χ3n) is 5.11. The quantitative estimate of drug-likeness (QED) is 0.560. The summed E-state index contributed by atoms with van der Waals surface area (Å²) < 4.78 is 2.11. The van der Waals surface area contributed by atoms with Crippen molar-refractivity contribution < 1.29 is 4.79 Å². The van der Waals surface area contributed by atoms with Crippen LogP contribution in [0.25, 0.3) is 21.8 Å². The van der Waals surface area contributed by atoms with Crippen LogP contribution in [0.4, 0.5) is 16.2 Å². The van der Waals surface area contributed by atoms with E-state index in [0.717, 1.165) is 34.1 Å². The standard InChI is InChI=1S/C21H18N4O/c1-24-10-7-14-13-20-15(12-19(14)24)8-11-25(20)21(26)23-18-6-2-5-17-16(18)4-3-9-22-17/h2-7,9-10,12-13H,8,11H2,1H3,(H,23,26). The fourth-order valence-corrected chi connectivity index (χ4v) is 3.76. The molecule has 26 heavy (non-hydrogen) atoms. The number of hydrogen-bond acceptors (Lipinski definition) is 2. The average Bonchev–Trinajstić information content (AvgIpc) is 3.24. The normalized spacial score (nSPS) is 13.3. The van der Waals surface area contributed by atoms with Crippen molar-refractivity contribution in [1.29, 1.82) is 0 Å². The molecule has 0 unspecified atom stereocenters. The van der Waals surface area contributed by atoms with Crippen molar-refractivity contribution in [3.63, 3.8) is 0 Å². The smallest absolute Gasteiger partial charge is 0.326 e. The largest absolute Gasteiger partial charge is 0.351 e. The maximum Gasteiger partial charge on any atom is 0.326 e. The van der Waals surface area contributed by atoms with Gasteiger partial charge in [-0.1, -0.05) is 6.07 Å².